The lowest BCUT2D eigenvalue weighted by molar-refractivity contribution is -0.0776. The van der Waals surface area contributed by atoms with Crippen LogP contribution in [0.15, 0.2) is 26.1 Å². The maximum absolute atomic E-state index is 13.4. The number of benzene rings is 3. The Bertz CT molecular complexity index is 1870. The van der Waals surface area contributed by atoms with Gasteiger partial charge in [-0.15, -0.1) is 0 Å². The molecule has 3 heterocycles. The minimum atomic E-state index is -2.10. The Labute approximate surface area is 222 Å². The zero-order valence-corrected chi connectivity index (χ0v) is 22.2. The topological polar surface area (TPSA) is 163 Å². The van der Waals surface area contributed by atoms with Crippen LogP contribution in [0, 0.1) is 12.8 Å². The molecule has 6 rings (SSSR count). The quantitative estimate of drug-likeness (QED) is 0.172. The SMILES string of the molecule is Cc1c2c(c3c(c1O)c(=O)c(N)c1oc4cc(N5CCN(CC(C)C)CC5)cc(=O)c4nc13)=C(O)C(C)(O)O2. The summed E-state index contributed by atoms with van der Waals surface area (Å²) >= 11 is 0. The van der Waals surface area contributed by atoms with Gasteiger partial charge >= 0.3 is 0 Å². The summed E-state index contributed by atoms with van der Waals surface area (Å²) < 4.78 is 11.6. The smallest absolute Gasteiger partial charge is 0.264 e. The van der Waals surface area contributed by atoms with Crippen molar-refractivity contribution in [1.29, 1.82) is 0 Å². The standard InChI is InChI=1S/C28H30N4O7/c1-12(2)11-31-5-7-32(8-6-31)14-9-15(33)21-16(10-14)38-26-20(29)24(35)18-17(22(26)30-21)19-25(13(3)23(18)34)39-28(4,37)27(19)36/h9-10,12,34,36-37H,5-8,11,29H2,1-4H3. The number of aliphatic hydroxyl groups is 2. The molecule has 3 aromatic carbocycles. The second-order valence-corrected chi connectivity index (χ2v) is 11.0. The molecule has 1 fully saturated rings. The number of fused-ring (bicyclic) bond motifs is 6. The largest absolute Gasteiger partial charge is 0.507 e. The molecule has 2 aliphatic heterocycles. The van der Waals surface area contributed by atoms with E-state index in [1.165, 1.54) is 19.9 Å². The molecule has 1 saturated heterocycles. The number of anilines is 2. The number of nitrogen functional groups attached to an aromatic ring is 1. The summed E-state index contributed by atoms with van der Waals surface area (Å²) in [5.41, 5.74) is 5.66. The zero-order chi connectivity index (χ0) is 28.0. The maximum atomic E-state index is 13.4. The van der Waals surface area contributed by atoms with Crippen LogP contribution < -0.4 is 31.4 Å². The zero-order valence-electron chi connectivity index (χ0n) is 22.2. The molecule has 11 nitrogen and oxygen atoms in total. The Hall–Kier alpha value is -4.09. The third kappa shape index (κ3) is 3.68. The second kappa shape index (κ2) is 8.45. The molecular formula is C28H30N4O7. The number of aromatic hydroxyl groups is 1. The Morgan fingerprint density at radius 3 is 2.46 bits per heavy atom. The van der Waals surface area contributed by atoms with E-state index in [1.54, 1.807) is 6.07 Å². The first-order chi connectivity index (χ1) is 18.4. The Balaban J connectivity index is 1.60. The van der Waals surface area contributed by atoms with E-state index in [1.807, 2.05) is 0 Å². The molecular weight excluding hydrogens is 504 g/mol. The van der Waals surface area contributed by atoms with Crippen LogP contribution in [0.3, 0.4) is 0 Å². The van der Waals surface area contributed by atoms with Crippen LogP contribution >= 0.6 is 0 Å². The minimum absolute atomic E-state index is 0.00280. The van der Waals surface area contributed by atoms with Gasteiger partial charge in [0.05, 0.1) is 10.6 Å². The van der Waals surface area contributed by atoms with Gasteiger partial charge in [0.2, 0.25) is 10.9 Å². The van der Waals surface area contributed by atoms with Crippen LogP contribution in [0.4, 0.5) is 11.4 Å². The van der Waals surface area contributed by atoms with E-state index in [2.05, 4.69) is 28.6 Å². The molecule has 204 valence electrons. The number of phenolic OH excluding ortho intramolecular Hbond substituents is 1. The van der Waals surface area contributed by atoms with E-state index >= 15 is 0 Å². The van der Waals surface area contributed by atoms with Crippen LogP contribution in [-0.4, -0.2) is 63.7 Å². The summed E-state index contributed by atoms with van der Waals surface area (Å²) in [5.74, 6) is -2.53. The normalized spacial score (nSPS) is 19.9. The fourth-order valence-corrected chi connectivity index (χ4v) is 5.68. The number of phenols is 1. The average molecular weight is 535 g/mol. The summed E-state index contributed by atoms with van der Waals surface area (Å²) in [4.78, 5) is 35.7. The van der Waals surface area contributed by atoms with Gasteiger partial charge in [0, 0.05) is 68.4 Å². The predicted octanol–water partition coefficient (Wildman–Crippen LogP) is 1.71. The van der Waals surface area contributed by atoms with Crippen molar-refractivity contribution in [3.63, 3.8) is 0 Å². The van der Waals surface area contributed by atoms with E-state index in [0.717, 1.165) is 32.7 Å². The van der Waals surface area contributed by atoms with E-state index in [9.17, 15) is 24.9 Å². The third-order valence-corrected chi connectivity index (χ3v) is 7.63. The maximum Gasteiger partial charge on any atom is 0.264 e. The van der Waals surface area contributed by atoms with Crippen molar-refractivity contribution < 1.29 is 24.5 Å². The highest BCUT2D eigenvalue weighted by Crippen LogP contribution is 2.40. The van der Waals surface area contributed by atoms with Crippen LogP contribution in [0.5, 0.6) is 11.5 Å². The van der Waals surface area contributed by atoms with Crippen LogP contribution in [-0.2, 0) is 0 Å². The van der Waals surface area contributed by atoms with Crippen LogP contribution in [0.1, 0.15) is 26.3 Å². The molecule has 4 aromatic rings. The van der Waals surface area contributed by atoms with Gasteiger partial charge in [0.15, 0.2) is 22.4 Å². The van der Waals surface area contributed by atoms with Crippen molar-refractivity contribution in [2.24, 2.45) is 5.92 Å². The van der Waals surface area contributed by atoms with E-state index in [4.69, 9.17) is 14.9 Å². The van der Waals surface area contributed by atoms with Gasteiger partial charge in [-0.2, -0.15) is 0 Å². The lowest BCUT2D eigenvalue weighted by Crippen LogP contribution is -2.47. The Morgan fingerprint density at radius 2 is 1.79 bits per heavy atom. The molecule has 1 aromatic heterocycles. The highest BCUT2D eigenvalue weighted by molar-refractivity contribution is 6.13. The number of ether oxygens (including phenoxy) is 1. The average Bonchev–Trinajstić information content (AvgIpc) is 3.13. The number of piperazine rings is 1. The molecule has 0 bridgehead atoms. The fraction of sp³-hybridized carbons (Fsp3) is 0.393. The first kappa shape index (κ1) is 25.2. The summed E-state index contributed by atoms with van der Waals surface area (Å²) in [6, 6.07) is 3.22. The lowest BCUT2D eigenvalue weighted by atomic mass is 9.98. The Kier molecular flexibility index (Phi) is 5.46. The van der Waals surface area contributed by atoms with Crippen molar-refractivity contribution in [2.75, 3.05) is 43.4 Å². The number of aliphatic hydroxyl groups excluding tert-OH is 1. The van der Waals surface area contributed by atoms with Gasteiger partial charge in [-0.25, -0.2) is 4.98 Å². The molecule has 11 heteroatoms. The molecule has 39 heavy (non-hydrogen) atoms. The van der Waals surface area contributed by atoms with Gasteiger partial charge in [0.1, 0.15) is 22.7 Å². The highest BCUT2D eigenvalue weighted by Gasteiger charge is 2.40. The third-order valence-electron chi connectivity index (χ3n) is 7.63. The number of nitrogens with zero attached hydrogens (tertiary/aromatic N) is 3. The number of hydrogen-bond donors (Lipinski definition) is 4. The molecule has 5 N–H and O–H groups in total. The van der Waals surface area contributed by atoms with Gasteiger partial charge in [0.25, 0.3) is 5.79 Å². The molecule has 1 unspecified atom stereocenters. The number of aromatic nitrogens is 1. The molecule has 0 amide bonds. The second-order valence-electron chi connectivity index (χ2n) is 11.0. The molecule has 2 aliphatic rings. The van der Waals surface area contributed by atoms with Gasteiger partial charge in [-0.3, -0.25) is 14.5 Å². The van der Waals surface area contributed by atoms with Gasteiger partial charge in [-0.05, 0) is 12.8 Å². The molecule has 0 aliphatic carbocycles. The molecule has 0 spiro atoms. The Morgan fingerprint density at radius 1 is 1.10 bits per heavy atom. The van der Waals surface area contributed by atoms with E-state index < -0.39 is 22.7 Å². The summed E-state index contributed by atoms with van der Waals surface area (Å²) in [7, 11) is 0. The number of hydrogen-bond acceptors (Lipinski definition) is 11. The van der Waals surface area contributed by atoms with Crippen LogP contribution in [0.25, 0.3) is 38.7 Å². The first-order valence-corrected chi connectivity index (χ1v) is 12.9. The molecule has 0 saturated carbocycles. The van der Waals surface area contributed by atoms with E-state index in [0.29, 0.717) is 11.6 Å². The molecule has 1 atom stereocenters. The molecule has 0 radical (unpaired) electrons. The fourth-order valence-electron chi connectivity index (χ4n) is 5.68. The minimum Gasteiger partial charge on any atom is -0.507 e. The van der Waals surface area contributed by atoms with Crippen molar-refractivity contribution in [3.8, 4) is 11.5 Å². The summed E-state index contributed by atoms with van der Waals surface area (Å²) in [5, 5.41) is 32.1. The van der Waals surface area contributed by atoms with Crippen molar-refractivity contribution in [2.45, 2.75) is 33.5 Å². The predicted molar refractivity (Wildman–Crippen MR) is 148 cm³/mol. The highest BCUT2D eigenvalue weighted by atomic mass is 16.6. The van der Waals surface area contributed by atoms with Gasteiger partial charge < -0.3 is 35.1 Å². The summed E-state index contributed by atoms with van der Waals surface area (Å²) in [6.45, 7) is 11.3. The lowest BCUT2D eigenvalue weighted by Gasteiger charge is -2.36. The number of nitrogens with two attached hydrogens (primary N) is 1. The van der Waals surface area contributed by atoms with Gasteiger partial charge in [-0.1, -0.05) is 13.8 Å². The number of rotatable bonds is 3. The first-order valence-electron chi connectivity index (χ1n) is 12.9. The van der Waals surface area contributed by atoms with Crippen molar-refractivity contribution >= 4 is 50.1 Å². The summed E-state index contributed by atoms with van der Waals surface area (Å²) in [6.07, 6.45) is 0. The van der Waals surface area contributed by atoms with Crippen molar-refractivity contribution in [3.05, 3.63) is 43.4 Å². The monoisotopic (exact) mass is 534 g/mol. The van der Waals surface area contributed by atoms with Crippen LogP contribution in [0.2, 0.25) is 0 Å². The van der Waals surface area contributed by atoms with Crippen molar-refractivity contribution in [1.82, 2.24) is 9.88 Å². The van der Waals surface area contributed by atoms with E-state index in [-0.39, 0.29) is 60.6 Å².